The van der Waals surface area contributed by atoms with Gasteiger partial charge in [0.2, 0.25) is 11.8 Å². The van der Waals surface area contributed by atoms with Gasteiger partial charge in [0.1, 0.15) is 24.7 Å². The van der Waals surface area contributed by atoms with E-state index in [1.165, 1.54) is 0 Å². The molecule has 0 aliphatic carbocycles. The third kappa shape index (κ3) is 12.7. The van der Waals surface area contributed by atoms with E-state index < -0.39 is 0 Å². The fourth-order valence-electron chi connectivity index (χ4n) is 3.47. The molecule has 202 valence electrons. The number of carbonyl (C=O) groups excluding carboxylic acids is 2. The zero-order chi connectivity index (χ0) is 27.3. The number of unbranched alkanes of at least 4 members (excludes halogenated alkanes) is 5. The number of amides is 2. The van der Waals surface area contributed by atoms with Crippen LogP contribution in [0.3, 0.4) is 0 Å². The van der Waals surface area contributed by atoms with Crippen LogP contribution < -0.4 is 20.3 Å². The van der Waals surface area contributed by atoms with Gasteiger partial charge in [-0.1, -0.05) is 75.3 Å². The van der Waals surface area contributed by atoms with Crippen molar-refractivity contribution >= 4 is 24.2 Å². The summed E-state index contributed by atoms with van der Waals surface area (Å²) in [5.41, 5.74) is 6.70. The molecule has 2 aromatic carbocycles. The molecule has 0 heterocycles. The summed E-state index contributed by atoms with van der Waals surface area (Å²) in [5.74, 6) is 1.15. The van der Waals surface area contributed by atoms with Crippen LogP contribution in [0.1, 0.15) is 62.5 Å². The summed E-state index contributed by atoms with van der Waals surface area (Å²) in [6.07, 6.45) is 12.9. The standard InChI is InChI=1S/C30H38N4O4/c1-3-21-37-27-17-13-11-15-25(27)23-31-33-29(35)19-9-7-5-6-8-10-20-30(36)34-32-24-26-16-12-14-18-28(26)38-22-4-2/h3-4,11-18,23-24H,1-2,5-10,19-22H2,(H,33,35)(H,34,36). The van der Waals surface area contributed by atoms with E-state index in [2.05, 4.69) is 34.2 Å². The van der Waals surface area contributed by atoms with E-state index in [9.17, 15) is 9.59 Å². The van der Waals surface area contributed by atoms with Gasteiger partial charge in [0.15, 0.2) is 0 Å². The van der Waals surface area contributed by atoms with Crippen molar-refractivity contribution in [2.24, 2.45) is 10.2 Å². The lowest BCUT2D eigenvalue weighted by molar-refractivity contribution is -0.122. The topological polar surface area (TPSA) is 101 Å². The van der Waals surface area contributed by atoms with Crippen molar-refractivity contribution in [1.82, 2.24) is 10.9 Å². The molecular weight excluding hydrogens is 480 g/mol. The number of benzene rings is 2. The van der Waals surface area contributed by atoms with Crippen LogP contribution in [0, 0.1) is 0 Å². The number of hydrogen-bond donors (Lipinski definition) is 2. The minimum absolute atomic E-state index is 0.113. The number of rotatable bonds is 19. The first-order valence-electron chi connectivity index (χ1n) is 12.9. The molecule has 0 saturated heterocycles. The summed E-state index contributed by atoms with van der Waals surface area (Å²) in [7, 11) is 0. The van der Waals surface area contributed by atoms with E-state index in [-0.39, 0.29) is 11.8 Å². The molecule has 0 bridgehead atoms. The fourth-order valence-corrected chi connectivity index (χ4v) is 3.47. The molecule has 0 aromatic heterocycles. The maximum atomic E-state index is 12.0. The van der Waals surface area contributed by atoms with Gasteiger partial charge in [-0.05, 0) is 37.1 Å². The van der Waals surface area contributed by atoms with E-state index in [1.54, 1.807) is 24.6 Å². The van der Waals surface area contributed by atoms with Gasteiger partial charge in [-0.15, -0.1) is 0 Å². The molecule has 8 nitrogen and oxygen atoms in total. The zero-order valence-corrected chi connectivity index (χ0v) is 21.9. The van der Waals surface area contributed by atoms with Crippen LogP contribution >= 0.6 is 0 Å². The lowest BCUT2D eigenvalue weighted by Gasteiger charge is -2.06. The summed E-state index contributed by atoms with van der Waals surface area (Å²) in [6, 6.07) is 14.9. The summed E-state index contributed by atoms with van der Waals surface area (Å²) < 4.78 is 11.1. The van der Waals surface area contributed by atoms with E-state index in [1.807, 2.05) is 48.5 Å². The average molecular weight is 519 g/mol. The van der Waals surface area contributed by atoms with Crippen LogP contribution in [0.5, 0.6) is 11.5 Å². The number of hydrogen-bond acceptors (Lipinski definition) is 6. The number of para-hydroxylation sites is 2. The Bertz CT molecular complexity index is 996. The molecule has 0 unspecified atom stereocenters. The van der Waals surface area contributed by atoms with Crippen molar-refractivity contribution in [2.75, 3.05) is 13.2 Å². The van der Waals surface area contributed by atoms with Gasteiger partial charge >= 0.3 is 0 Å². The average Bonchev–Trinajstić information content (AvgIpc) is 2.93. The predicted octanol–water partition coefficient (Wildman–Crippen LogP) is 5.54. The Hall–Kier alpha value is -4.20. The number of hydrazone groups is 2. The molecule has 0 aliphatic heterocycles. The second kappa shape index (κ2) is 19.0. The summed E-state index contributed by atoms with van der Waals surface area (Å²) >= 11 is 0. The number of carbonyl (C=O) groups is 2. The maximum absolute atomic E-state index is 12.0. The molecule has 0 atom stereocenters. The first-order valence-corrected chi connectivity index (χ1v) is 12.9. The molecule has 2 aromatic rings. The van der Waals surface area contributed by atoms with Crippen LogP contribution in [0.25, 0.3) is 0 Å². The van der Waals surface area contributed by atoms with Crippen molar-refractivity contribution < 1.29 is 19.1 Å². The molecular formula is C30H38N4O4. The van der Waals surface area contributed by atoms with Crippen molar-refractivity contribution in [3.8, 4) is 11.5 Å². The van der Waals surface area contributed by atoms with Gasteiger partial charge in [0.25, 0.3) is 0 Å². The van der Waals surface area contributed by atoms with Crippen LogP contribution in [0.4, 0.5) is 0 Å². The lowest BCUT2D eigenvalue weighted by atomic mass is 10.1. The molecule has 2 amide bonds. The molecule has 0 saturated carbocycles. The van der Waals surface area contributed by atoms with E-state index in [4.69, 9.17) is 9.47 Å². The normalized spacial score (nSPS) is 10.8. The first-order chi connectivity index (χ1) is 18.6. The molecule has 2 rings (SSSR count). The first kappa shape index (κ1) is 30.0. The quantitative estimate of drug-likeness (QED) is 0.110. The molecule has 0 spiro atoms. The highest BCUT2D eigenvalue weighted by molar-refractivity contribution is 5.86. The highest BCUT2D eigenvalue weighted by atomic mass is 16.5. The van der Waals surface area contributed by atoms with Gasteiger partial charge in [-0.25, -0.2) is 10.9 Å². The van der Waals surface area contributed by atoms with E-state index in [0.717, 1.165) is 49.7 Å². The second-order valence-electron chi connectivity index (χ2n) is 8.48. The van der Waals surface area contributed by atoms with Crippen molar-refractivity contribution in [3.05, 3.63) is 85.0 Å². The summed E-state index contributed by atoms with van der Waals surface area (Å²) in [5, 5.41) is 8.07. The minimum atomic E-state index is -0.113. The Morgan fingerprint density at radius 1 is 0.658 bits per heavy atom. The monoisotopic (exact) mass is 518 g/mol. The van der Waals surface area contributed by atoms with Crippen LogP contribution in [0.2, 0.25) is 0 Å². The maximum Gasteiger partial charge on any atom is 0.240 e. The number of nitrogens with one attached hydrogen (secondary N) is 2. The van der Waals surface area contributed by atoms with Crippen LogP contribution in [-0.2, 0) is 9.59 Å². The molecule has 0 aliphatic rings. The molecule has 38 heavy (non-hydrogen) atoms. The Labute approximate surface area is 225 Å². The van der Waals surface area contributed by atoms with E-state index in [0.29, 0.717) is 37.6 Å². The predicted molar refractivity (Wildman–Crippen MR) is 153 cm³/mol. The minimum Gasteiger partial charge on any atom is -0.489 e. The van der Waals surface area contributed by atoms with Gasteiger partial charge in [-0.2, -0.15) is 10.2 Å². The lowest BCUT2D eigenvalue weighted by Crippen LogP contribution is -2.17. The Kier molecular flexibility index (Phi) is 15.0. The molecule has 0 fully saturated rings. The smallest absolute Gasteiger partial charge is 0.240 e. The fraction of sp³-hybridized carbons (Fsp3) is 0.333. The SMILES string of the molecule is C=CCOc1ccccc1C=NNC(=O)CCCCCCCCC(=O)NN=Cc1ccccc1OCC=C. The molecule has 2 N–H and O–H groups in total. The second-order valence-corrected chi connectivity index (χ2v) is 8.48. The van der Waals surface area contributed by atoms with Crippen molar-refractivity contribution in [3.63, 3.8) is 0 Å². The van der Waals surface area contributed by atoms with Crippen molar-refractivity contribution in [2.45, 2.75) is 51.4 Å². The van der Waals surface area contributed by atoms with Crippen molar-refractivity contribution in [1.29, 1.82) is 0 Å². The van der Waals surface area contributed by atoms with Gasteiger partial charge in [0.05, 0.1) is 12.4 Å². The van der Waals surface area contributed by atoms with Gasteiger partial charge < -0.3 is 9.47 Å². The highest BCUT2D eigenvalue weighted by Crippen LogP contribution is 2.16. The third-order valence-corrected chi connectivity index (χ3v) is 5.39. The molecule has 0 radical (unpaired) electrons. The Morgan fingerprint density at radius 3 is 1.47 bits per heavy atom. The third-order valence-electron chi connectivity index (χ3n) is 5.39. The van der Waals surface area contributed by atoms with Crippen LogP contribution in [-0.4, -0.2) is 37.5 Å². The zero-order valence-electron chi connectivity index (χ0n) is 21.9. The number of nitrogens with zero attached hydrogens (tertiary/aromatic N) is 2. The van der Waals surface area contributed by atoms with Gasteiger partial charge in [-0.3, -0.25) is 9.59 Å². The highest BCUT2D eigenvalue weighted by Gasteiger charge is 2.03. The van der Waals surface area contributed by atoms with Gasteiger partial charge in [0, 0.05) is 24.0 Å². The summed E-state index contributed by atoms with van der Waals surface area (Å²) in [4.78, 5) is 24.0. The largest absolute Gasteiger partial charge is 0.489 e. The number of ether oxygens (including phenoxy) is 2. The van der Waals surface area contributed by atoms with Crippen LogP contribution in [0.15, 0.2) is 84.0 Å². The van der Waals surface area contributed by atoms with E-state index >= 15 is 0 Å². The Morgan fingerprint density at radius 2 is 1.05 bits per heavy atom. The Balaban J connectivity index is 1.52. The molecule has 8 heteroatoms. The summed E-state index contributed by atoms with van der Waals surface area (Å²) in [6.45, 7) is 8.09.